The van der Waals surface area contributed by atoms with E-state index in [0.29, 0.717) is 31.9 Å². The van der Waals surface area contributed by atoms with Gasteiger partial charge in [0.1, 0.15) is 0 Å². The van der Waals surface area contributed by atoms with E-state index in [4.69, 9.17) is 4.74 Å². The predicted octanol–water partition coefficient (Wildman–Crippen LogP) is 0.764. The Balaban J connectivity index is 2.52. The molecule has 0 fully saturated rings. The van der Waals surface area contributed by atoms with Crippen molar-refractivity contribution >= 4 is 11.7 Å². The van der Waals surface area contributed by atoms with Gasteiger partial charge in [0.15, 0.2) is 0 Å². The van der Waals surface area contributed by atoms with Crippen molar-refractivity contribution in [2.75, 3.05) is 32.1 Å². The van der Waals surface area contributed by atoms with E-state index in [-0.39, 0.29) is 6.03 Å². The summed E-state index contributed by atoms with van der Waals surface area (Å²) in [6.07, 6.45) is 2.78. The number of rotatable bonds is 7. The number of urea groups is 1. The zero-order chi connectivity index (χ0) is 14.3. The first-order chi connectivity index (χ1) is 9.06. The fraction of sp³-hybridized carbons (Fsp3) is 0.667. The van der Waals surface area contributed by atoms with Crippen molar-refractivity contribution < 1.29 is 14.6 Å². The molecule has 0 aliphatic rings. The van der Waals surface area contributed by atoms with Gasteiger partial charge in [-0.05, 0) is 13.8 Å². The molecule has 1 aromatic rings. The number of amides is 2. The molecule has 2 amide bonds. The second-order valence-corrected chi connectivity index (χ2v) is 4.30. The zero-order valence-electron chi connectivity index (χ0n) is 11.7. The highest BCUT2D eigenvalue weighted by molar-refractivity contribution is 5.88. The zero-order valence-corrected chi connectivity index (χ0v) is 11.7. The fourth-order valence-corrected chi connectivity index (χ4v) is 1.61. The van der Waals surface area contributed by atoms with E-state index >= 15 is 0 Å². The van der Waals surface area contributed by atoms with Gasteiger partial charge in [-0.25, -0.2) is 4.79 Å². The molecule has 108 valence electrons. The van der Waals surface area contributed by atoms with Crippen molar-refractivity contribution in [3.05, 3.63) is 12.4 Å². The lowest BCUT2D eigenvalue weighted by Crippen LogP contribution is -2.39. The monoisotopic (exact) mass is 270 g/mol. The molecule has 7 nitrogen and oxygen atoms in total. The van der Waals surface area contributed by atoms with Crippen LogP contribution in [0.4, 0.5) is 10.5 Å². The van der Waals surface area contributed by atoms with Crippen LogP contribution in [-0.2, 0) is 11.3 Å². The quantitative estimate of drug-likeness (QED) is 0.766. The third-order valence-electron chi connectivity index (χ3n) is 2.56. The van der Waals surface area contributed by atoms with E-state index in [1.54, 1.807) is 31.1 Å². The van der Waals surface area contributed by atoms with Crippen LogP contribution in [0.5, 0.6) is 0 Å². The Bertz CT molecular complexity index is 392. The normalized spacial score (nSPS) is 12.2. The molecule has 1 rings (SSSR count). The van der Waals surface area contributed by atoms with Gasteiger partial charge in [0.25, 0.3) is 0 Å². The van der Waals surface area contributed by atoms with Gasteiger partial charge < -0.3 is 20.1 Å². The molecule has 0 spiro atoms. The van der Waals surface area contributed by atoms with Gasteiger partial charge in [0.05, 0.1) is 31.1 Å². The molecule has 1 atom stereocenters. The van der Waals surface area contributed by atoms with Gasteiger partial charge in [0.2, 0.25) is 0 Å². The van der Waals surface area contributed by atoms with E-state index < -0.39 is 6.10 Å². The summed E-state index contributed by atoms with van der Waals surface area (Å²) in [5.74, 6) is 0. The standard InChI is InChI=1S/C12H22N4O3/c1-4-15(8-10(2)17)12(18)14-11-7-13-16(9-11)5-6-19-3/h7,9-10,17H,4-6,8H2,1-3H3,(H,14,18)/t10-/m1/s1. The highest BCUT2D eigenvalue weighted by Crippen LogP contribution is 2.06. The van der Waals surface area contributed by atoms with Crippen LogP contribution in [-0.4, -0.2) is 58.7 Å². The molecular formula is C12H22N4O3. The van der Waals surface area contributed by atoms with E-state index in [0.717, 1.165) is 0 Å². The van der Waals surface area contributed by atoms with Crippen LogP contribution in [0.15, 0.2) is 12.4 Å². The minimum absolute atomic E-state index is 0.241. The molecule has 1 aromatic heterocycles. The number of carbonyl (C=O) groups is 1. The first-order valence-electron chi connectivity index (χ1n) is 6.32. The molecule has 7 heteroatoms. The number of hydrogen-bond acceptors (Lipinski definition) is 4. The Morgan fingerprint density at radius 3 is 3.00 bits per heavy atom. The van der Waals surface area contributed by atoms with Crippen LogP contribution < -0.4 is 5.32 Å². The number of nitrogens with zero attached hydrogens (tertiary/aromatic N) is 3. The summed E-state index contributed by atoms with van der Waals surface area (Å²) in [6.45, 7) is 5.56. The van der Waals surface area contributed by atoms with Crippen LogP contribution in [0.1, 0.15) is 13.8 Å². The van der Waals surface area contributed by atoms with E-state index in [2.05, 4.69) is 10.4 Å². The maximum absolute atomic E-state index is 11.9. The maximum atomic E-state index is 11.9. The van der Waals surface area contributed by atoms with E-state index in [9.17, 15) is 9.90 Å². The van der Waals surface area contributed by atoms with Crippen LogP contribution in [0.2, 0.25) is 0 Å². The van der Waals surface area contributed by atoms with Gasteiger partial charge in [-0.3, -0.25) is 4.68 Å². The lowest BCUT2D eigenvalue weighted by molar-refractivity contribution is 0.141. The van der Waals surface area contributed by atoms with Gasteiger partial charge in [-0.1, -0.05) is 0 Å². The number of aromatic nitrogens is 2. The number of hydrogen-bond donors (Lipinski definition) is 2. The Labute approximate surface area is 113 Å². The Kier molecular flexibility index (Phi) is 6.31. The van der Waals surface area contributed by atoms with Crippen molar-refractivity contribution in [2.24, 2.45) is 0 Å². The molecule has 0 saturated carbocycles. The third-order valence-corrected chi connectivity index (χ3v) is 2.56. The molecule has 0 aliphatic heterocycles. The first-order valence-corrected chi connectivity index (χ1v) is 6.32. The summed E-state index contributed by atoms with van der Waals surface area (Å²) in [4.78, 5) is 13.5. The number of anilines is 1. The lowest BCUT2D eigenvalue weighted by atomic mass is 10.3. The van der Waals surface area contributed by atoms with Crippen molar-refractivity contribution in [1.29, 1.82) is 0 Å². The third kappa shape index (κ3) is 5.27. The van der Waals surface area contributed by atoms with Gasteiger partial charge >= 0.3 is 6.03 Å². The number of aliphatic hydroxyl groups is 1. The highest BCUT2D eigenvalue weighted by atomic mass is 16.5. The summed E-state index contributed by atoms with van der Waals surface area (Å²) in [6, 6.07) is -0.241. The molecule has 1 heterocycles. The second kappa shape index (κ2) is 7.75. The number of likely N-dealkylation sites (N-methyl/N-ethyl adjacent to an activating group) is 1. The number of nitrogens with one attached hydrogen (secondary N) is 1. The van der Waals surface area contributed by atoms with Gasteiger partial charge in [0, 0.05) is 26.4 Å². The minimum atomic E-state index is -0.546. The molecular weight excluding hydrogens is 248 g/mol. The number of methoxy groups -OCH3 is 1. The van der Waals surface area contributed by atoms with Crippen LogP contribution in [0.25, 0.3) is 0 Å². The van der Waals surface area contributed by atoms with Crippen molar-refractivity contribution in [1.82, 2.24) is 14.7 Å². The summed E-state index contributed by atoms with van der Waals surface area (Å²) in [5, 5.41) is 16.2. The minimum Gasteiger partial charge on any atom is -0.392 e. The van der Waals surface area contributed by atoms with Crippen LogP contribution >= 0.6 is 0 Å². The maximum Gasteiger partial charge on any atom is 0.322 e. The summed E-state index contributed by atoms with van der Waals surface area (Å²) >= 11 is 0. The highest BCUT2D eigenvalue weighted by Gasteiger charge is 2.14. The number of ether oxygens (including phenoxy) is 1. The number of carbonyl (C=O) groups excluding carboxylic acids is 1. The molecule has 0 aromatic carbocycles. The Morgan fingerprint density at radius 1 is 1.68 bits per heavy atom. The van der Waals surface area contributed by atoms with E-state index in [1.807, 2.05) is 6.92 Å². The van der Waals surface area contributed by atoms with Crippen LogP contribution in [0.3, 0.4) is 0 Å². The average molecular weight is 270 g/mol. The average Bonchev–Trinajstić information content (AvgIpc) is 2.80. The van der Waals surface area contributed by atoms with Crippen molar-refractivity contribution in [3.63, 3.8) is 0 Å². The summed E-state index contributed by atoms with van der Waals surface area (Å²) < 4.78 is 6.65. The first kappa shape index (κ1) is 15.5. The summed E-state index contributed by atoms with van der Waals surface area (Å²) in [5.41, 5.74) is 0.630. The topological polar surface area (TPSA) is 79.6 Å². The van der Waals surface area contributed by atoms with Gasteiger partial charge in [-0.2, -0.15) is 5.10 Å². The molecule has 0 bridgehead atoms. The molecule has 0 unspecified atom stereocenters. The second-order valence-electron chi connectivity index (χ2n) is 4.30. The van der Waals surface area contributed by atoms with Crippen LogP contribution in [0, 0.1) is 0 Å². The Hall–Kier alpha value is -1.60. The van der Waals surface area contributed by atoms with Gasteiger partial charge in [-0.15, -0.1) is 0 Å². The van der Waals surface area contributed by atoms with Crippen molar-refractivity contribution in [3.8, 4) is 0 Å². The predicted molar refractivity (Wildman–Crippen MR) is 72.0 cm³/mol. The smallest absolute Gasteiger partial charge is 0.322 e. The molecule has 0 radical (unpaired) electrons. The fourth-order valence-electron chi connectivity index (χ4n) is 1.61. The summed E-state index contributed by atoms with van der Waals surface area (Å²) in [7, 11) is 1.63. The molecule has 2 N–H and O–H groups in total. The molecule has 0 saturated heterocycles. The lowest BCUT2D eigenvalue weighted by Gasteiger charge is -2.22. The SMILES string of the molecule is CCN(C[C@@H](C)O)C(=O)Nc1cnn(CCOC)c1. The Morgan fingerprint density at radius 2 is 2.42 bits per heavy atom. The van der Waals surface area contributed by atoms with Crippen molar-refractivity contribution in [2.45, 2.75) is 26.5 Å². The number of aliphatic hydroxyl groups excluding tert-OH is 1. The largest absolute Gasteiger partial charge is 0.392 e. The van der Waals surface area contributed by atoms with E-state index in [1.165, 1.54) is 4.90 Å². The molecule has 19 heavy (non-hydrogen) atoms. The molecule has 0 aliphatic carbocycles.